The molecule has 0 bridgehead atoms. The Morgan fingerprint density at radius 1 is 1.19 bits per heavy atom. The molecule has 0 unspecified atom stereocenters. The highest BCUT2D eigenvalue weighted by molar-refractivity contribution is 7.15. The molecule has 4 rings (SSSR count). The van der Waals surface area contributed by atoms with Gasteiger partial charge in [-0.05, 0) is 60.6 Å². The molecule has 1 aliphatic rings. The molecule has 1 aromatic carbocycles. The number of likely N-dealkylation sites (tertiary alicyclic amines) is 1. The molecule has 2 aromatic heterocycles. The summed E-state index contributed by atoms with van der Waals surface area (Å²) in [6.07, 6.45) is 5.54. The Balaban J connectivity index is 1.53. The molecule has 31 heavy (non-hydrogen) atoms. The number of rotatable bonds is 7. The number of piperidine rings is 1. The lowest BCUT2D eigenvalue weighted by atomic mass is 9.98. The number of hydrogen-bond acceptors (Lipinski definition) is 8. The zero-order valence-corrected chi connectivity index (χ0v) is 18.3. The maximum Gasteiger partial charge on any atom is 0.406 e. The molecule has 1 aliphatic heterocycles. The molecule has 1 fully saturated rings. The van der Waals surface area contributed by atoms with E-state index in [1.165, 1.54) is 6.20 Å². The highest BCUT2D eigenvalue weighted by Crippen LogP contribution is 2.37. The molecule has 0 spiro atoms. The molecule has 0 radical (unpaired) electrons. The minimum Gasteiger partial charge on any atom is -0.497 e. The first-order chi connectivity index (χ1) is 15.0. The standard InChI is InChI=1S/C22H24N4O4S/c1-25-9-7-16(8-10-25)22-24-13-20(31-22)17-11-19(21(23-12-17)26(27)28)30-14-15-3-5-18(29-2)6-4-15/h3-6,11-13,16H,7-10,14H2,1-2H3. The van der Waals surface area contributed by atoms with E-state index in [1.54, 1.807) is 24.5 Å². The van der Waals surface area contributed by atoms with Crippen molar-refractivity contribution in [3.8, 4) is 21.9 Å². The van der Waals surface area contributed by atoms with Crippen molar-refractivity contribution >= 4 is 17.2 Å². The van der Waals surface area contributed by atoms with Gasteiger partial charge in [0.05, 0.1) is 17.0 Å². The van der Waals surface area contributed by atoms with Gasteiger partial charge in [-0.3, -0.25) is 0 Å². The van der Waals surface area contributed by atoms with E-state index >= 15 is 0 Å². The van der Waals surface area contributed by atoms with Gasteiger partial charge in [-0.15, -0.1) is 11.3 Å². The number of ether oxygens (including phenoxy) is 2. The van der Waals surface area contributed by atoms with Crippen molar-refractivity contribution in [3.05, 3.63) is 63.4 Å². The highest BCUT2D eigenvalue weighted by atomic mass is 32.1. The van der Waals surface area contributed by atoms with Crippen molar-refractivity contribution in [1.82, 2.24) is 14.9 Å². The van der Waals surface area contributed by atoms with Crippen LogP contribution < -0.4 is 9.47 Å². The van der Waals surface area contributed by atoms with Crippen LogP contribution in [-0.4, -0.2) is 47.0 Å². The Labute approximate surface area is 184 Å². The largest absolute Gasteiger partial charge is 0.497 e. The Morgan fingerprint density at radius 2 is 1.94 bits per heavy atom. The maximum absolute atomic E-state index is 11.4. The second-order valence-electron chi connectivity index (χ2n) is 7.58. The van der Waals surface area contributed by atoms with E-state index in [0.29, 0.717) is 5.92 Å². The number of aromatic nitrogens is 2. The van der Waals surface area contributed by atoms with Crippen molar-refractivity contribution in [2.75, 3.05) is 27.2 Å². The first-order valence-electron chi connectivity index (χ1n) is 10.1. The molecular weight excluding hydrogens is 416 g/mol. The summed E-state index contributed by atoms with van der Waals surface area (Å²) in [7, 11) is 3.74. The molecule has 0 N–H and O–H groups in total. The molecule has 0 amide bonds. The van der Waals surface area contributed by atoms with Crippen LogP contribution in [0.2, 0.25) is 0 Å². The van der Waals surface area contributed by atoms with Gasteiger partial charge in [-0.25, -0.2) is 4.98 Å². The second-order valence-corrected chi connectivity index (χ2v) is 8.64. The summed E-state index contributed by atoms with van der Waals surface area (Å²) in [6.45, 7) is 2.34. The van der Waals surface area contributed by atoms with Crippen molar-refractivity contribution in [2.45, 2.75) is 25.4 Å². The van der Waals surface area contributed by atoms with Gasteiger partial charge in [0, 0.05) is 23.7 Å². The summed E-state index contributed by atoms with van der Waals surface area (Å²) in [4.78, 5) is 22.9. The van der Waals surface area contributed by atoms with Crippen LogP contribution in [0.25, 0.3) is 10.4 Å². The van der Waals surface area contributed by atoms with E-state index in [1.807, 2.05) is 30.5 Å². The van der Waals surface area contributed by atoms with Crippen molar-refractivity contribution in [2.24, 2.45) is 0 Å². The van der Waals surface area contributed by atoms with Gasteiger partial charge < -0.3 is 24.5 Å². The van der Waals surface area contributed by atoms with Crippen LogP contribution in [0.5, 0.6) is 11.5 Å². The minimum atomic E-state index is -0.524. The van der Waals surface area contributed by atoms with E-state index in [0.717, 1.165) is 52.7 Å². The monoisotopic (exact) mass is 440 g/mol. The normalized spacial score (nSPS) is 15.0. The second kappa shape index (κ2) is 9.40. The van der Waals surface area contributed by atoms with Gasteiger partial charge in [-0.1, -0.05) is 12.1 Å². The average Bonchev–Trinajstić information content (AvgIpc) is 3.28. The van der Waals surface area contributed by atoms with Crippen molar-refractivity contribution in [1.29, 1.82) is 0 Å². The SMILES string of the molecule is COc1ccc(COc2cc(-c3cnc(C4CCN(C)CC4)s3)cnc2[N+](=O)[O-])cc1. The lowest BCUT2D eigenvalue weighted by Crippen LogP contribution is -2.29. The van der Waals surface area contributed by atoms with Crippen LogP contribution in [0, 0.1) is 10.1 Å². The third-order valence-corrected chi connectivity index (χ3v) is 6.64. The van der Waals surface area contributed by atoms with Gasteiger partial charge in [0.15, 0.2) is 0 Å². The van der Waals surface area contributed by atoms with Crippen LogP contribution in [0.3, 0.4) is 0 Å². The van der Waals surface area contributed by atoms with E-state index in [2.05, 4.69) is 21.9 Å². The molecule has 3 aromatic rings. The van der Waals surface area contributed by atoms with E-state index in [-0.39, 0.29) is 18.2 Å². The molecule has 0 atom stereocenters. The number of nitrogens with zero attached hydrogens (tertiary/aromatic N) is 4. The smallest absolute Gasteiger partial charge is 0.406 e. The number of thiazole rings is 1. The number of hydrogen-bond donors (Lipinski definition) is 0. The topological polar surface area (TPSA) is 90.6 Å². The molecule has 1 saturated heterocycles. The summed E-state index contributed by atoms with van der Waals surface area (Å²) in [5, 5.41) is 12.5. The van der Waals surface area contributed by atoms with Gasteiger partial charge in [0.1, 0.15) is 18.6 Å². The summed E-state index contributed by atoms with van der Waals surface area (Å²) in [5.74, 6) is 1.06. The van der Waals surface area contributed by atoms with Crippen LogP contribution in [0.15, 0.2) is 42.7 Å². The van der Waals surface area contributed by atoms with Gasteiger partial charge in [0.25, 0.3) is 0 Å². The zero-order valence-electron chi connectivity index (χ0n) is 17.5. The Bertz CT molecular complexity index is 1050. The number of benzene rings is 1. The predicted molar refractivity (Wildman–Crippen MR) is 119 cm³/mol. The molecule has 0 saturated carbocycles. The third-order valence-electron chi connectivity index (χ3n) is 5.44. The van der Waals surface area contributed by atoms with E-state index in [4.69, 9.17) is 9.47 Å². The molecule has 0 aliphatic carbocycles. The average molecular weight is 441 g/mol. The van der Waals surface area contributed by atoms with Gasteiger partial charge >= 0.3 is 5.82 Å². The van der Waals surface area contributed by atoms with Crippen LogP contribution in [-0.2, 0) is 6.61 Å². The lowest BCUT2D eigenvalue weighted by Gasteiger charge is -2.27. The van der Waals surface area contributed by atoms with Crippen LogP contribution in [0.1, 0.15) is 29.3 Å². The van der Waals surface area contributed by atoms with E-state index < -0.39 is 4.92 Å². The molecule has 9 heteroatoms. The number of methoxy groups -OCH3 is 1. The Hall–Kier alpha value is -3.04. The minimum absolute atomic E-state index is 0.146. The zero-order chi connectivity index (χ0) is 21.8. The lowest BCUT2D eigenvalue weighted by molar-refractivity contribution is -0.390. The Kier molecular flexibility index (Phi) is 6.43. The maximum atomic E-state index is 11.4. The summed E-state index contributed by atoms with van der Waals surface area (Å²) in [6, 6.07) is 9.05. The fourth-order valence-electron chi connectivity index (χ4n) is 3.56. The fourth-order valence-corrected chi connectivity index (χ4v) is 4.63. The number of nitro groups is 1. The third kappa shape index (κ3) is 5.00. The molecule has 3 heterocycles. The number of pyridine rings is 1. The molecule has 8 nitrogen and oxygen atoms in total. The van der Waals surface area contributed by atoms with E-state index in [9.17, 15) is 10.1 Å². The summed E-state index contributed by atoms with van der Waals surface area (Å²) in [5.41, 5.74) is 1.65. The summed E-state index contributed by atoms with van der Waals surface area (Å²) < 4.78 is 10.9. The van der Waals surface area contributed by atoms with Crippen molar-refractivity contribution < 1.29 is 14.4 Å². The van der Waals surface area contributed by atoms with Gasteiger partial charge in [-0.2, -0.15) is 0 Å². The summed E-state index contributed by atoms with van der Waals surface area (Å²) >= 11 is 1.63. The quantitative estimate of drug-likeness (QED) is 0.394. The van der Waals surface area contributed by atoms with Crippen molar-refractivity contribution in [3.63, 3.8) is 0 Å². The molecule has 162 valence electrons. The van der Waals surface area contributed by atoms with Gasteiger partial charge in [0.2, 0.25) is 5.75 Å². The van der Waals surface area contributed by atoms with Crippen LogP contribution >= 0.6 is 11.3 Å². The molecular formula is C22H24N4O4S. The fraction of sp³-hybridized carbons (Fsp3) is 0.364. The predicted octanol–water partition coefficient (Wildman–Crippen LogP) is 4.51. The highest BCUT2D eigenvalue weighted by Gasteiger charge is 2.23. The Morgan fingerprint density at radius 3 is 2.61 bits per heavy atom. The first-order valence-corrected chi connectivity index (χ1v) is 10.9. The van der Waals surface area contributed by atoms with Crippen LogP contribution in [0.4, 0.5) is 5.82 Å². The first kappa shape index (κ1) is 21.2.